The lowest BCUT2D eigenvalue weighted by molar-refractivity contribution is -0.134. The van der Waals surface area contributed by atoms with Gasteiger partial charge >= 0.3 is 0 Å². The van der Waals surface area contributed by atoms with Crippen molar-refractivity contribution in [2.75, 3.05) is 20.8 Å². The molecule has 1 saturated heterocycles. The van der Waals surface area contributed by atoms with Gasteiger partial charge in [0.15, 0.2) is 0 Å². The maximum atomic E-state index is 13.2. The van der Waals surface area contributed by atoms with Crippen molar-refractivity contribution in [3.8, 4) is 11.5 Å². The summed E-state index contributed by atoms with van der Waals surface area (Å²) in [5.41, 5.74) is 3.45. The zero-order valence-corrected chi connectivity index (χ0v) is 15.9. The van der Waals surface area contributed by atoms with E-state index in [4.69, 9.17) is 9.47 Å². The maximum absolute atomic E-state index is 13.2. The molecule has 140 valence electrons. The third kappa shape index (κ3) is 2.19. The SMILES string of the molecule is COc1cc2c(c(OC)c1)[C@]1(Cc3ccccc3)[C@H]3CC[C@H]3C(=O)N1CC2. The molecule has 0 spiro atoms. The summed E-state index contributed by atoms with van der Waals surface area (Å²) in [6, 6.07) is 14.7. The molecule has 1 aliphatic carbocycles. The van der Waals surface area contributed by atoms with Crippen molar-refractivity contribution in [3.05, 3.63) is 59.2 Å². The van der Waals surface area contributed by atoms with Crippen LogP contribution in [-0.2, 0) is 23.2 Å². The largest absolute Gasteiger partial charge is 0.497 e. The number of nitrogens with zero attached hydrogens (tertiary/aromatic N) is 1. The second-order valence-electron chi connectivity index (χ2n) is 7.98. The van der Waals surface area contributed by atoms with E-state index in [1.165, 1.54) is 16.7 Å². The molecule has 1 amide bonds. The van der Waals surface area contributed by atoms with Crippen LogP contribution in [0.15, 0.2) is 42.5 Å². The summed E-state index contributed by atoms with van der Waals surface area (Å²) in [5, 5.41) is 0. The van der Waals surface area contributed by atoms with Crippen LogP contribution in [0.4, 0.5) is 0 Å². The van der Waals surface area contributed by atoms with E-state index < -0.39 is 0 Å². The van der Waals surface area contributed by atoms with Gasteiger partial charge < -0.3 is 14.4 Å². The Morgan fingerprint density at radius 2 is 1.93 bits per heavy atom. The summed E-state index contributed by atoms with van der Waals surface area (Å²) in [4.78, 5) is 15.4. The number of fused-ring (bicyclic) bond motifs is 5. The molecule has 27 heavy (non-hydrogen) atoms. The Morgan fingerprint density at radius 1 is 1.11 bits per heavy atom. The highest BCUT2D eigenvalue weighted by Gasteiger charge is 2.64. The van der Waals surface area contributed by atoms with E-state index in [0.717, 1.165) is 43.7 Å². The van der Waals surface area contributed by atoms with Crippen LogP contribution in [0.2, 0.25) is 0 Å². The predicted octanol–water partition coefficient (Wildman–Crippen LogP) is 3.57. The minimum Gasteiger partial charge on any atom is -0.497 e. The number of methoxy groups -OCH3 is 2. The van der Waals surface area contributed by atoms with Crippen LogP contribution in [0, 0.1) is 11.8 Å². The number of hydrogen-bond donors (Lipinski definition) is 0. The molecule has 0 aromatic heterocycles. The first-order valence-electron chi connectivity index (χ1n) is 9.80. The van der Waals surface area contributed by atoms with E-state index >= 15 is 0 Å². The topological polar surface area (TPSA) is 38.8 Å². The average Bonchev–Trinajstić information content (AvgIpc) is 2.82. The molecule has 3 aliphatic rings. The number of rotatable bonds is 4. The molecule has 2 aromatic rings. The highest BCUT2D eigenvalue weighted by molar-refractivity contribution is 5.86. The molecule has 0 bridgehead atoms. The molecule has 3 atom stereocenters. The van der Waals surface area contributed by atoms with Crippen molar-refractivity contribution in [3.63, 3.8) is 0 Å². The number of carbonyl (C=O) groups excluding carboxylic acids is 1. The van der Waals surface area contributed by atoms with Crippen molar-refractivity contribution < 1.29 is 14.3 Å². The second kappa shape index (κ2) is 6.01. The van der Waals surface area contributed by atoms with Crippen LogP contribution >= 0.6 is 0 Å². The van der Waals surface area contributed by atoms with E-state index in [1.54, 1.807) is 14.2 Å². The number of carbonyl (C=O) groups is 1. The Labute approximate surface area is 160 Å². The van der Waals surface area contributed by atoms with Crippen molar-refractivity contribution in [1.29, 1.82) is 0 Å². The van der Waals surface area contributed by atoms with Crippen LogP contribution in [0.1, 0.15) is 29.5 Å². The van der Waals surface area contributed by atoms with E-state index in [1.807, 2.05) is 12.1 Å². The number of ether oxygens (including phenoxy) is 2. The summed E-state index contributed by atoms with van der Waals surface area (Å²) < 4.78 is 11.4. The molecular formula is C23H25NO3. The Hall–Kier alpha value is -2.49. The first-order valence-corrected chi connectivity index (χ1v) is 9.80. The normalized spacial score (nSPS) is 28.1. The molecule has 1 saturated carbocycles. The Morgan fingerprint density at radius 3 is 2.59 bits per heavy atom. The first-order chi connectivity index (χ1) is 13.2. The zero-order valence-electron chi connectivity index (χ0n) is 15.9. The van der Waals surface area contributed by atoms with Crippen molar-refractivity contribution in [2.24, 2.45) is 11.8 Å². The standard InChI is InChI=1S/C23H25NO3/c1-26-17-12-16-10-11-24-22(25)18-8-9-19(18)23(24,21(16)20(13-17)27-2)14-15-6-4-3-5-7-15/h3-7,12-13,18-19H,8-11,14H2,1-2H3/t18-,19+,23+/m1/s1. The number of benzene rings is 2. The van der Waals surface area contributed by atoms with Gasteiger partial charge in [-0.3, -0.25) is 4.79 Å². The van der Waals surface area contributed by atoms with Crippen LogP contribution in [-0.4, -0.2) is 31.6 Å². The molecule has 2 fully saturated rings. The van der Waals surface area contributed by atoms with Gasteiger partial charge in [-0.15, -0.1) is 0 Å². The summed E-state index contributed by atoms with van der Waals surface area (Å²) in [6.45, 7) is 0.780. The van der Waals surface area contributed by atoms with E-state index in [0.29, 0.717) is 11.8 Å². The van der Waals surface area contributed by atoms with Gasteiger partial charge in [0.2, 0.25) is 5.91 Å². The first kappa shape index (κ1) is 16.7. The number of amides is 1. The van der Waals surface area contributed by atoms with Gasteiger partial charge in [-0.2, -0.15) is 0 Å². The fourth-order valence-corrected chi connectivity index (χ4v) is 5.66. The summed E-state index contributed by atoms with van der Waals surface area (Å²) in [5.74, 6) is 2.55. The highest BCUT2D eigenvalue weighted by atomic mass is 16.5. The van der Waals surface area contributed by atoms with Gasteiger partial charge in [-0.1, -0.05) is 30.3 Å². The molecule has 4 heteroatoms. The fraction of sp³-hybridized carbons (Fsp3) is 0.435. The Balaban J connectivity index is 1.74. The van der Waals surface area contributed by atoms with Gasteiger partial charge in [0, 0.05) is 30.5 Å². The van der Waals surface area contributed by atoms with Gasteiger partial charge in [-0.05, 0) is 42.4 Å². The van der Waals surface area contributed by atoms with E-state index in [-0.39, 0.29) is 11.5 Å². The minimum atomic E-state index is -0.299. The molecule has 0 unspecified atom stereocenters. The van der Waals surface area contributed by atoms with Crippen molar-refractivity contribution in [1.82, 2.24) is 4.90 Å². The third-order valence-electron chi connectivity index (χ3n) is 6.92. The lowest BCUT2D eigenvalue weighted by Gasteiger charge is -2.49. The lowest BCUT2D eigenvalue weighted by Crippen LogP contribution is -2.53. The molecule has 4 nitrogen and oxygen atoms in total. The molecular weight excluding hydrogens is 338 g/mol. The van der Waals surface area contributed by atoms with Gasteiger partial charge in [0.1, 0.15) is 11.5 Å². The molecule has 0 radical (unpaired) electrons. The van der Waals surface area contributed by atoms with Crippen LogP contribution in [0.3, 0.4) is 0 Å². The minimum absolute atomic E-state index is 0.173. The fourth-order valence-electron chi connectivity index (χ4n) is 5.66. The predicted molar refractivity (Wildman–Crippen MR) is 103 cm³/mol. The highest BCUT2D eigenvalue weighted by Crippen LogP contribution is 2.61. The van der Waals surface area contributed by atoms with Crippen LogP contribution < -0.4 is 9.47 Å². The molecule has 2 heterocycles. The van der Waals surface area contributed by atoms with E-state index in [9.17, 15) is 4.79 Å². The lowest BCUT2D eigenvalue weighted by atomic mass is 9.61. The van der Waals surface area contributed by atoms with Gasteiger partial charge in [0.05, 0.1) is 19.8 Å². The molecule has 2 aliphatic heterocycles. The molecule has 2 aromatic carbocycles. The summed E-state index contributed by atoms with van der Waals surface area (Å²) in [6.07, 6.45) is 3.82. The summed E-state index contributed by atoms with van der Waals surface area (Å²) >= 11 is 0. The third-order valence-corrected chi connectivity index (χ3v) is 6.92. The number of hydrogen-bond acceptors (Lipinski definition) is 3. The zero-order chi connectivity index (χ0) is 18.6. The second-order valence-corrected chi connectivity index (χ2v) is 7.98. The Kier molecular flexibility index (Phi) is 3.71. The quantitative estimate of drug-likeness (QED) is 0.834. The molecule has 0 N–H and O–H groups in total. The van der Waals surface area contributed by atoms with E-state index in [2.05, 4.69) is 35.2 Å². The van der Waals surface area contributed by atoms with Gasteiger partial charge in [-0.25, -0.2) is 0 Å². The van der Waals surface area contributed by atoms with Crippen LogP contribution in [0.5, 0.6) is 11.5 Å². The maximum Gasteiger partial charge on any atom is 0.226 e. The summed E-state index contributed by atoms with van der Waals surface area (Å²) in [7, 11) is 3.41. The van der Waals surface area contributed by atoms with Gasteiger partial charge in [0.25, 0.3) is 0 Å². The average molecular weight is 363 g/mol. The monoisotopic (exact) mass is 363 g/mol. The molecule has 5 rings (SSSR count). The smallest absolute Gasteiger partial charge is 0.226 e. The van der Waals surface area contributed by atoms with Crippen molar-refractivity contribution in [2.45, 2.75) is 31.2 Å². The van der Waals surface area contributed by atoms with Crippen molar-refractivity contribution >= 4 is 5.91 Å². The Bertz CT molecular complexity index is 877. The van der Waals surface area contributed by atoms with Crippen LogP contribution in [0.25, 0.3) is 0 Å².